The van der Waals surface area contributed by atoms with Crippen LogP contribution in [-0.4, -0.2) is 40.7 Å². The fraction of sp³-hybridized carbons (Fsp3) is 0.333. The Morgan fingerprint density at radius 3 is 2.76 bits per heavy atom. The van der Waals surface area contributed by atoms with Gasteiger partial charge in [-0.1, -0.05) is 42.5 Å². The quantitative estimate of drug-likeness (QED) is 0.671. The van der Waals surface area contributed by atoms with E-state index in [-0.39, 0.29) is 18.6 Å². The van der Waals surface area contributed by atoms with Crippen molar-refractivity contribution in [2.24, 2.45) is 0 Å². The molecule has 1 aromatic heterocycles. The maximum atomic E-state index is 12.8. The van der Waals surface area contributed by atoms with Crippen molar-refractivity contribution in [1.82, 2.24) is 9.88 Å². The van der Waals surface area contributed by atoms with Crippen molar-refractivity contribution in [3.8, 4) is 0 Å². The van der Waals surface area contributed by atoms with Gasteiger partial charge < -0.3 is 9.84 Å². The van der Waals surface area contributed by atoms with Crippen molar-refractivity contribution in [2.45, 2.75) is 32.9 Å². The zero-order valence-corrected chi connectivity index (χ0v) is 16.9. The van der Waals surface area contributed by atoms with Crippen LogP contribution in [0.1, 0.15) is 45.7 Å². The molecule has 150 valence electrons. The molecule has 29 heavy (non-hydrogen) atoms. The molecule has 4 rings (SSSR count). The average molecular weight is 390 g/mol. The maximum Gasteiger partial charge on any atom is 0.340 e. The van der Waals surface area contributed by atoms with Gasteiger partial charge in [-0.15, -0.1) is 0 Å². The highest BCUT2D eigenvalue weighted by molar-refractivity contribution is 5.98. The molecule has 1 aliphatic heterocycles. The Balaban J connectivity index is 1.77. The number of rotatable bonds is 5. The number of esters is 1. The van der Waals surface area contributed by atoms with Crippen LogP contribution in [0.15, 0.2) is 48.5 Å². The summed E-state index contributed by atoms with van der Waals surface area (Å²) in [5.41, 5.74) is 5.43. The van der Waals surface area contributed by atoms with Crippen LogP contribution >= 0.6 is 0 Å². The summed E-state index contributed by atoms with van der Waals surface area (Å²) < 4.78 is 5.35. The predicted octanol–water partition coefficient (Wildman–Crippen LogP) is 3.81. The number of carbonyl (C=O) groups is 1. The number of para-hydroxylation sites is 1. The first-order chi connectivity index (χ1) is 14.1. The highest BCUT2D eigenvalue weighted by Gasteiger charge is 2.29. The zero-order valence-electron chi connectivity index (χ0n) is 16.9. The molecule has 0 fully saturated rings. The Kier molecular flexibility index (Phi) is 5.60. The number of aliphatic hydroxyl groups is 1. The summed E-state index contributed by atoms with van der Waals surface area (Å²) in [6.07, 6.45) is 0.911. The summed E-state index contributed by atoms with van der Waals surface area (Å²) in [5, 5.41) is 11.1. The zero-order chi connectivity index (χ0) is 20.4. The number of aryl methyl sites for hydroxylation is 1. The first-order valence-electron chi connectivity index (χ1n) is 10.1. The van der Waals surface area contributed by atoms with Crippen molar-refractivity contribution in [3.05, 3.63) is 76.5 Å². The minimum atomic E-state index is -0.337. The van der Waals surface area contributed by atoms with Gasteiger partial charge in [-0.25, -0.2) is 4.79 Å². The molecule has 1 aliphatic rings. The summed E-state index contributed by atoms with van der Waals surface area (Å²) in [6.45, 7) is 5.40. The van der Waals surface area contributed by atoms with E-state index in [0.29, 0.717) is 24.4 Å². The molecule has 1 atom stereocenters. The number of ether oxygens (including phenoxy) is 1. The Morgan fingerprint density at radius 2 is 1.97 bits per heavy atom. The van der Waals surface area contributed by atoms with E-state index in [9.17, 15) is 9.90 Å². The van der Waals surface area contributed by atoms with Gasteiger partial charge in [0.1, 0.15) is 0 Å². The van der Waals surface area contributed by atoms with Gasteiger partial charge in [0, 0.05) is 18.5 Å². The van der Waals surface area contributed by atoms with Crippen LogP contribution in [-0.2, 0) is 17.7 Å². The number of aromatic nitrogens is 1. The first-order valence-corrected chi connectivity index (χ1v) is 10.1. The number of benzene rings is 2. The van der Waals surface area contributed by atoms with Gasteiger partial charge in [0.25, 0.3) is 0 Å². The lowest BCUT2D eigenvalue weighted by molar-refractivity contribution is 0.0520. The lowest BCUT2D eigenvalue weighted by Gasteiger charge is -2.36. The van der Waals surface area contributed by atoms with E-state index in [0.717, 1.165) is 35.0 Å². The van der Waals surface area contributed by atoms with Crippen LogP contribution in [0.2, 0.25) is 0 Å². The molecule has 0 bridgehead atoms. The minimum Gasteiger partial charge on any atom is -0.462 e. The lowest BCUT2D eigenvalue weighted by Crippen LogP contribution is -2.37. The topological polar surface area (TPSA) is 62.7 Å². The molecule has 0 saturated carbocycles. The smallest absolute Gasteiger partial charge is 0.340 e. The van der Waals surface area contributed by atoms with Crippen molar-refractivity contribution in [1.29, 1.82) is 0 Å². The number of hydrogen-bond donors (Lipinski definition) is 1. The van der Waals surface area contributed by atoms with E-state index in [1.54, 1.807) is 0 Å². The summed E-state index contributed by atoms with van der Waals surface area (Å²) in [4.78, 5) is 19.8. The van der Waals surface area contributed by atoms with Gasteiger partial charge in [-0.3, -0.25) is 9.88 Å². The molecule has 0 amide bonds. The lowest BCUT2D eigenvalue weighted by atomic mass is 9.92. The number of fused-ring (bicyclic) bond motifs is 2. The second-order valence-corrected chi connectivity index (χ2v) is 7.41. The molecule has 0 spiro atoms. The van der Waals surface area contributed by atoms with Gasteiger partial charge in [0.2, 0.25) is 0 Å². The maximum absolute atomic E-state index is 12.8. The van der Waals surface area contributed by atoms with E-state index in [4.69, 9.17) is 9.72 Å². The van der Waals surface area contributed by atoms with Crippen molar-refractivity contribution in [2.75, 3.05) is 19.8 Å². The number of pyridine rings is 1. The van der Waals surface area contributed by atoms with Gasteiger partial charge in [-0.2, -0.15) is 0 Å². The Bertz CT molecular complexity index is 1050. The number of carbonyl (C=O) groups excluding carboxylic acids is 1. The molecule has 1 unspecified atom stereocenters. The Hall–Kier alpha value is -2.76. The Morgan fingerprint density at radius 1 is 1.21 bits per heavy atom. The fourth-order valence-electron chi connectivity index (χ4n) is 4.33. The third-order valence-electron chi connectivity index (χ3n) is 5.76. The van der Waals surface area contributed by atoms with E-state index < -0.39 is 0 Å². The van der Waals surface area contributed by atoms with Crippen LogP contribution in [0.25, 0.3) is 10.9 Å². The molecule has 0 saturated heterocycles. The standard InChI is InChI=1S/C24H26N2O3/c1-3-29-24(28)23-16(2)18-9-6-7-11-20(18)25-21(23)14-26-13-12-17-8-4-5-10-19(17)22(26)15-27/h4-11,22,27H,3,12-15H2,1-2H3. The predicted molar refractivity (Wildman–Crippen MR) is 113 cm³/mol. The Labute approximate surface area is 170 Å². The molecule has 1 N–H and O–H groups in total. The SMILES string of the molecule is CCOC(=O)c1c(CN2CCc3ccccc3C2CO)nc2ccccc2c1C. The van der Waals surface area contributed by atoms with Gasteiger partial charge >= 0.3 is 5.97 Å². The molecule has 0 radical (unpaired) electrons. The van der Waals surface area contributed by atoms with Crippen molar-refractivity contribution in [3.63, 3.8) is 0 Å². The summed E-state index contributed by atoms with van der Waals surface area (Å²) in [6, 6.07) is 16.0. The monoisotopic (exact) mass is 390 g/mol. The fourth-order valence-corrected chi connectivity index (χ4v) is 4.33. The van der Waals surface area contributed by atoms with Crippen molar-refractivity contribution < 1.29 is 14.6 Å². The molecule has 2 aromatic carbocycles. The van der Waals surface area contributed by atoms with Gasteiger partial charge in [0.05, 0.1) is 36.0 Å². The van der Waals surface area contributed by atoms with Crippen LogP contribution in [0.5, 0.6) is 0 Å². The first kappa shape index (κ1) is 19.6. The largest absolute Gasteiger partial charge is 0.462 e. The highest BCUT2D eigenvalue weighted by atomic mass is 16.5. The minimum absolute atomic E-state index is 0.0261. The van der Waals surface area contributed by atoms with E-state index in [1.807, 2.05) is 50.2 Å². The summed E-state index contributed by atoms with van der Waals surface area (Å²) in [7, 11) is 0. The number of nitrogens with zero attached hydrogens (tertiary/aromatic N) is 2. The van der Waals surface area contributed by atoms with Crippen molar-refractivity contribution >= 4 is 16.9 Å². The van der Waals surface area contributed by atoms with Crippen LogP contribution in [0.3, 0.4) is 0 Å². The second-order valence-electron chi connectivity index (χ2n) is 7.41. The molecule has 3 aromatic rings. The van der Waals surface area contributed by atoms with E-state index in [1.165, 1.54) is 5.56 Å². The van der Waals surface area contributed by atoms with Crippen LogP contribution < -0.4 is 0 Å². The molecular formula is C24H26N2O3. The normalized spacial score (nSPS) is 16.6. The van der Waals surface area contributed by atoms with E-state index in [2.05, 4.69) is 17.0 Å². The molecule has 5 nitrogen and oxygen atoms in total. The average Bonchev–Trinajstić information content (AvgIpc) is 2.74. The van der Waals surface area contributed by atoms with Gasteiger partial charge in [0.15, 0.2) is 0 Å². The summed E-state index contributed by atoms with van der Waals surface area (Å²) in [5.74, 6) is -0.337. The van der Waals surface area contributed by atoms with E-state index >= 15 is 0 Å². The number of hydrogen-bond acceptors (Lipinski definition) is 5. The molecular weight excluding hydrogens is 364 g/mol. The van der Waals surface area contributed by atoms with Crippen LogP contribution in [0, 0.1) is 6.92 Å². The molecule has 0 aliphatic carbocycles. The molecule has 5 heteroatoms. The number of aliphatic hydroxyl groups excluding tert-OH is 1. The third kappa shape index (κ3) is 3.63. The highest BCUT2D eigenvalue weighted by Crippen LogP contribution is 2.32. The third-order valence-corrected chi connectivity index (χ3v) is 5.76. The second kappa shape index (κ2) is 8.31. The molecule has 2 heterocycles. The van der Waals surface area contributed by atoms with Gasteiger partial charge in [-0.05, 0) is 43.0 Å². The summed E-state index contributed by atoms with van der Waals surface area (Å²) >= 11 is 0. The van der Waals surface area contributed by atoms with Crippen LogP contribution in [0.4, 0.5) is 0 Å².